The molecule has 3 N–H and O–H groups in total. The lowest BCUT2D eigenvalue weighted by Crippen LogP contribution is -2.07. The summed E-state index contributed by atoms with van der Waals surface area (Å²) in [6.45, 7) is 0. The van der Waals surface area contributed by atoms with Crippen molar-refractivity contribution >= 4 is 45.6 Å². The Balaban J connectivity index is 0.000000180. The molecule has 0 bridgehead atoms. The van der Waals surface area contributed by atoms with Crippen LogP contribution in [0.1, 0.15) is 45.5 Å². The van der Waals surface area contributed by atoms with Crippen LogP contribution in [0.25, 0.3) is 50.1 Å². The van der Waals surface area contributed by atoms with Crippen LogP contribution in [0.3, 0.4) is 0 Å². The molecule has 1 aliphatic rings. The maximum absolute atomic E-state index is 12.9. The van der Waals surface area contributed by atoms with Crippen molar-refractivity contribution in [1.29, 1.82) is 0 Å². The fourth-order valence-corrected chi connectivity index (χ4v) is 6.97. The third-order valence-electron chi connectivity index (χ3n) is 10.1. The molecule has 15 heteroatoms. The van der Waals surface area contributed by atoms with Crippen LogP contribution in [0.4, 0.5) is 0 Å². The second kappa shape index (κ2) is 17.0. The lowest BCUT2D eigenvalue weighted by Gasteiger charge is -2.15. The maximum Gasteiger partial charge on any atom is 0.343 e. The van der Waals surface area contributed by atoms with Crippen molar-refractivity contribution in [3.05, 3.63) is 109 Å². The number of carbonyl (C=O) groups excluding carboxylic acids is 1. The van der Waals surface area contributed by atoms with Gasteiger partial charge < -0.3 is 29.8 Å². The van der Waals surface area contributed by atoms with Crippen LogP contribution in [0.2, 0.25) is 0 Å². The number of ketones is 1. The Kier molecular flexibility index (Phi) is 11.5. The number of benzene rings is 4. The summed E-state index contributed by atoms with van der Waals surface area (Å²) in [5.41, 5.74) is 14.8. The van der Waals surface area contributed by atoms with E-state index < -0.39 is 5.97 Å². The summed E-state index contributed by atoms with van der Waals surface area (Å²) < 4.78 is 27.3. The topological polar surface area (TPSA) is 183 Å². The van der Waals surface area contributed by atoms with Crippen molar-refractivity contribution in [2.45, 2.75) is 19.3 Å². The molecule has 15 nitrogen and oxygen atoms in total. The van der Waals surface area contributed by atoms with Crippen molar-refractivity contribution in [3.63, 3.8) is 0 Å². The Morgan fingerprint density at radius 1 is 0.797 bits per heavy atom. The van der Waals surface area contributed by atoms with Crippen molar-refractivity contribution in [1.82, 2.24) is 28.9 Å². The number of carbonyl (C=O) groups is 2. The number of methoxy groups -OCH3 is 4. The molecule has 59 heavy (non-hydrogen) atoms. The smallest absolute Gasteiger partial charge is 0.343 e. The number of aromatic nitrogens is 6. The summed E-state index contributed by atoms with van der Waals surface area (Å²) in [5, 5.41) is 13.7. The Hall–Kier alpha value is -7.42. The van der Waals surface area contributed by atoms with E-state index in [2.05, 4.69) is 26.1 Å². The fourth-order valence-electron chi connectivity index (χ4n) is 6.97. The van der Waals surface area contributed by atoms with Crippen molar-refractivity contribution in [2.75, 3.05) is 35.5 Å². The van der Waals surface area contributed by atoms with Gasteiger partial charge in [0.05, 0.1) is 68.1 Å². The first-order valence-corrected chi connectivity index (χ1v) is 18.7. The number of ether oxygens (including phenoxy) is 4. The number of nitrogens with zero attached hydrogens (tertiary/aromatic N) is 7. The zero-order valence-corrected chi connectivity index (χ0v) is 33.5. The van der Waals surface area contributed by atoms with Gasteiger partial charge in [-0.3, -0.25) is 23.6 Å². The highest BCUT2D eigenvalue weighted by Gasteiger charge is 2.29. The number of Topliss-reactive ketones (excluding diaryl/α,β-unsaturated/α-hetero) is 1. The number of rotatable bonds is 13. The molecule has 0 saturated heterocycles. The number of allylic oxidation sites excluding steroid dienone is 1. The van der Waals surface area contributed by atoms with Gasteiger partial charge in [-0.05, 0) is 54.2 Å². The summed E-state index contributed by atoms with van der Waals surface area (Å²) in [4.78, 5) is 37.4. The summed E-state index contributed by atoms with van der Waals surface area (Å²) >= 11 is 0. The Morgan fingerprint density at radius 3 is 1.81 bits per heavy atom. The van der Waals surface area contributed by atoms with Gasteiger partial charge in [-0.1, -0.05) is 12.1 Å². The summed E-state index contributed by atoms with van der Waals surface area (Å²) in [5.74, 6) is 0.884. The zero-order chi connectivity index (χ0) is 41.8. The average Bonchev–Trinajstić information content (AvgIpc) is 3.58. The van der Waals surface area contributed by atoms with E-state index in [0.717, 1.165) is 62.9 Å². The molecule has 0 unspecified atom stereocenters. The maximum atomic E-state index is 12.9. The van der Waals surface area contributed by atoms with Gasteiger partial charge in [0.15, 0.2) is 5.78 Å². The normalized spacial score (nSPS) is 12.7. The Bertz CT molecular complexity index is 2710. The first-order chi connectivity index (χ1) is 28.6. The average molecular weight is 797 g/mol. The monoisotopic (exact) mass is 796 g/mol. The van der Waals surface area contributed by atoms with Gasteiger partial charge in [0.2, 0.25) is 0 Å². The molecule has 8 rings (SSSR count). The third kappa shape index (κ3) is 8.08. The first kappa shape index (κ1) is 39.8. The van der Waals surface area contributed by atoms with Gasteiger partial charge >= 0.3 is 5.97 Å². The number of aromatic carboxylic acids is 1. The molecular formula is C44H44N8O7. The molecule has 0 atom stereocenters. The molecule has 3 aromatic heterocycles. The molecule has 1 fully saturated rings. The van der Waals surface area contributed by atoms with E-state index in [1.165, 1.54) is 20.4 Å². The predicted molar refractivity (Wildman–Crippen MR) is 226 cm³/mol. The Morgan fingerprint density at radius 2 is 1.34 bits per heavy atom. The van der Waals surface area contributed by atoms with Crippen LogP contribution >= 0.6 is 0 Å². The van der Waals surface area contributed by atoms with Gasteiger partial charge in [-0.25, -0.2) is 14.8 Å². The van der Waals surface area contributed by atoms with E-state index in [1.807, 2.05) is 71.0 Å². The van der Waals surface area contributed by atoms with Gasteiger partial charge in [-0.15, -0.1) is 0 Å². The number of aryl methyl sites for hydroxylation is 1. The van der Waals surface area contributed by atoms with Gasteiger partial charge in [-0.2, -0.15) is 5.10 Å². The number of aliphatic imine (C=N–C) groups is 1. The lowest BCUT2D eigenvalue weighted by molar-refractivity contribution is 0.0689. The molecule has 0 spiro atoms. The van der Waals surface area contributed by atoms with Gasteiger partial charge in [0.1, 0.15) is 46.8 Å². The SMILES string of the molecule is CN=CC(=CN)c1ccc2c(c1)ncn2-c1cc(OC)c(C(=O)O)c(OC)c1.COc1cc(-n2cnc3cc(-c4cnn(C)c4)ccc32)cc(OC)c1C(=O)CC1CC1. The highest BCUT2D eigenvalue weighted by Crippen LogP contribution is 2.39. The summed E-state index contributed by atoms with van der Waals surface area (Å²) in [6.07, 6.45) is 13.2. The van der Waals surface area contributed by atoms with E-state index in [1.54, 1.807) is 57.0 Å². The van der Waals surface area contributed by atoms with Crippen molar-refractivity contribution in [3.8, 4) is 45.5 Å². The Labute approximate surface area is 339 Å². The van der Waals surface area contributed by atoms with Gasteiger partial charge in [0.25, 0.3) is 0 Å². The van der Waals surface area contributed by atoms with E-state index in [0.29, 0.717) is 35.1 Å². The minimum atomic E-state index is -1.13. The predicted octanol–water partition coefficient (Wildman–Crippen LogP) is 7.17. The zero-order valence-electron chi connectivity index (χ0n) is 33.5. The van der Waals surface area contributed by atoms with Crippen LogP contribution < -0.4 is 24.7 Å². The van der Waals surface area contributed by atoms with E-state index in [9.17, 15) is 14.7 Å². The quantitative estimate of drug-likeness (QED) is 0.0892. The van der Waals surface area contributed by atoms with Crippen molar-refractivity contribution < 1.29 is 33.6 Å². The highest BCUT2D eigenvalue weighted by atomic mass is 16.5. The highest BCUT2D eigenvalue weighted by molar-refractivity contribution is 6.10. The third-order valence-corrected chi connectivity index (χ3v) is 10.1. The number of nitrogens with two attached hydrogens (primary N) is 1. The van der Waals surface area contributed by atoms with E-state index in [4.69, 9.17) is 24.7 Å². The lowest BCUT2D eigenvalue weighted by atomic mass is 10.0. The number of carboxylic acid groups (broad SMARTS) is 1. The molecular weight excluding hydrogens is 753 g/mol. The van der Waals surface area contributed by atoms with E-state index >= 15 is 0 Å². The number of fused-ring (bicyclic) bond motifs is 2. The van der Waals surface area contributed by atoms with Crippen LogP contribution in [0, 0.1) is 5.92 Å². The molecule has 302 valence electrons. The molecule has 0 aliphatic heterocycles. The minimum Gasteiger partial charge on any atom is -0.496 e. The van der Waals surface area contributed by atoms with Crippen LogP contribution in [0.15, 0.2) is 96.9 Å². The standard InChI is InChI=1S/C24H24N4O3.C20H20N4O4/c1-27-13-17(12-26-27)16-6-7-20-19(9-16)25-14-28(20)18-10-22(30-2)24(23(11-18)31-3)21(29)8-15-4-5-15;1-22-10-13(9-21)12-4-5-16-15(6-12)23-11-24(16)14-7-17(27-2)19(20(25)26)18(8-14)28-3/h6-7,9-15H,4-5,8H2,1-3H3;4-11H,21H2,1-3H3,(H,25,26). The van der Waals surface area contributed by atoms with Crippen LogP contribution in [0.5, 0.6) is 23.0 Å². The number of imidazole rings is 2. The molecule has 3 heterocycles. The van der Waals surface area contributed by atoms with Gasteiger partial charge in [0, 0.05) is 74.5 Å². The molecule has 1 aliphatic carbocycles. The van der Waals surface area contributed by atoms with E-state index in [-0.39, 0.29) is 22.8 Å². The summed E-state index contributed by atoms with van der Waals surface area (Å²) in [6, 6.07) is 18.9. The molecule has 0 amide bonds. The second-order valence-corrected chi connectivity index (χ2v) is 13.9. The first-order valence-electron chi connectivity index (χ1n) is 18.7. The van der Waals surface area contributed by atoms with Crippen LogP contribution in [-0.4, -0.2) is 87.4 Å². The molecule has 1 saturated carbocycles. The van der Waals surface area contributed by atoms with Crippen molar-refractivity contribution in [2.24, 2.45) is 23.7 Å². The molecule has 0 radical (unpaired) electrons. The summed E-state index contributed by atoms with van der Waals surface area (Å²) in [7, 11) is 9.57. The molecule has 7 aromatic rings. The number of hydrogen-bond acceptors (Lipinski definition) is 11. The fraction of sp³-hybridized carbons (Fsp3) is 0.227. The largest absolute Gasteiger partial charge is 0.496 e. The number of carboxylic acids is 1. The minimum absolute atomic E-state index is 0.0305. The molecule has 4 aromatic carbocycles. The number of hydrogen-bond donors (Lipinski definition) is 2. The second-order valence-electron chi connectivity index (χ2n) is 13.9. The van der Waals surface area contributed by atoms with Crippen LogP contribution in [-0.2, 0) is 7.05 Å².